The van der Waals surface area contributed by atoms with Crippen LogP contribution in [0, 0.1) is 0 Å². The summed E-state index contributed by atoms with van der Waals surface area (Å²) in [5.74, 6) is 0. The van der Waals surface area contributed by atoms with Crippen molar-refractivity contribution in [2.24, 2.45) is 0 Å². The van der Waals surface area contributed by atoms with Crippen molar-refractivity contribution in [3.05, 3.63) is 48.3 Å². The number of hydrogen-bond acceptors (Lipinski definition) is 3. The van der Waals surface area contributed by atoms with Crippen LogP contribution in [0.1, 0.15) is 32.9 Å². The fourth-order valence-electron chi connectivity index (χ4n) is 2.65. The van der Waals surface area contributed by atoms with Crippen molar-refractivity contribution in [2.75, 3.05) is 13.1 Å². The van der Waals surface area contributed by atoms with Crippen LogP contribution in [0.4, 0.5) is 4.79 Å². The predicted octanol–water partition coefficient (Wildman–Crippen LogP) is 4.26. The van der Waals surface area contributed by atoms with E-state index in [2.05, 4.69) is 29.3 Å². The quantitative estimate of drug-likeness (QED) is 0.790. The van der Waals surface area contributed by atoms with E-state index in [9.17, 15) is 4.79 Å². The molecule has 120 valence electrons. The van der Waals surface area contributed by atoms with Crippen LogP contribution >= 0.6 is 0 Å². The van der Waals surface area contributed by atoms with Crippen molar-refractivity contribution in [1.29, 1.82) is 0 Å². The lowest BCUT2D eigenvalue weighted by Crippen LogP contribution is -2.39. The van der Waals surface area contributed by atoms with E-state index < -0.39 is 5.60 Å². The van der Waals surface area contributed by atoms with Crippen molar-refractivity contribution in [1.82, 2.24) is 9.88 Å². The van der Waals surface area contributed by atoms with Crippen LogP contribution in [0.25, 0.3) is 16.3 Å². The summed E-state index contributed by atoms with van der Waals surface area (Å²) in [6.45, 7) is 6.88. The van der Waals surface area contributed by atoms with Crippen LogP contribution in [0.3, 0.4) is 0 Å². The minimum absolute atomic E-state index is 0.251. The molecule has 0 saturated heterocycles. The molecule has 1 aromatic heterocycles. The molecule has 0 bridgehead atoms. The van der Waals surface area contributed by atoms with Gasteiger partial charge in [-0.15, -0.1) is 0 Å². The molecule has 3 rings (SSSR count). The van der Waals surface area contributed by atoms with Gasteiger partial charge in [-0.3, -0.25) is 4.98 Å². The first-order chi connectivity index (χ1) is 10.9. The number of carbonyl (C=O) groups is 1. The molecule has 1 aromatic carbocycles. The summed E-state index contributed by atoms with van der Waals surface area (Å²) in [6.07, 6.45) is 4.53. The number of carbonyl (C=O) groups excluding carboxylic acids is 1. The summed E-state index contributed by atoms with van der Waals surface area (Å²) >= 11 is 0. The Hall–Kier alpha value is -2.36. The van der Waals surface area contributed by atoms with Crippen LogP contribution in [0.15, 0.2) is 42.6 Å². The van der Waals surface area contributed by atoms with Crippen molar-refractivity contribution in [3.8, 4) is 0 Å². The fraction of sp³-hybridized carbons (Fsp3) is 0.368. The topological polar surface area (TPSA) is 42.4 Å². The molecule has 0 unspecified atom stereocenters. The number of ether oxygens (including phenoxy) is 1. The molecule has 4 heteroatoms. The Balaban J connectivity index is 1.74. The second-order valence-electron chi connectivity index (χ2n) is 6.82. The van der Waals surface area contributed by atoms with Crippen molar-refractivity contribution in [3.63, 3.8) is 0 Å². The van der Waals surface area contributed by atoms with E-state index in [0.29, 0.717) is 13.1 Å². The maximum absolute atomic E-state index is 12.1. The van der Waals surface area contributed by atoms with E-state index in [1.165, 1.54) is 11.0 Å². The van der Waals surface area contributed by atoms with E-state index >= 15 is 0 Å². The Morgan fingerprint density at radius 2 is 1.96 bits per heavy atom. The van der Waals surface area contributed by atoms with Gasteiger partial charge >= 0.3 is 6.09 Å². The van der Waals surface area contributed by atoms with Crippen molar-refractivity contribution >= 4 is 22.4 Å². The first kappa shape index (κ1) is 15.5. The predicted molar refractivity (Wildman–Crippen MR) is 92.1 cm³/mol. The highest BCUT2D eigenvalue weighted by molar-refractivity contribution is 5.84. The zero-order valence-corrected chi connectivity index (χ0v) is 13.9. The Kier molecular flexibility index (Phi) is 4.07. The molecule has 0 atom stereocenters. The zero-order chi connectivity index (χ0) is 16.4. The highest BCUT2D eigenvalue weighted by Crippen LogP contribution is 2.24. The van der Waals surface area contributed by atoms with Gasteiger partial charge in [0.15, 0.2) is 0 Å². The van der Waals surface area contributed by atoms with Crippen molar-refractivity contribution in [2.45, 2.75) is 32.8 Å². The number of nitrogens with zero attached hydrogens (tertiary/aromatic N) is 2. The minimum Gasteiger partial charge on any atom is -0.444 e. The van der Waals surface area contributed by atoms with Gasteiger partial charge in [-0.25, -0.2) is 4.79 Å². The van der Waals surface area contributed by atoms with Crippen LogP contribution < -0.4 is 0 Å². The molecular formula is C19H22N2O2. The lowest BCUT2D eigenvalue weighted by atomic mass is 10.0. The largest absolute Gasteiger partial charge is 0.444 e. The molecule has 4 nitrogen and oxygen atoms in total. The van der Waals surface area contributed by atoms with Crippen LogP contribution in [0.2, 0.25) is 0 Å². The van der Waals surface area contributed by atoms with Gasteiger partial charge in [0.05, 0.1) is 5.69 Å². The lowest BCUT2D eigenvalue weighted by molar-refractivity contribution is 0.0270. The normalized spacial score (nSPS) is 15.4. The third kappa shape index (κ3) is 3.70. The first-order valence-corrected chi connectivity index (χ1v) is 7.94. The smallest absolute Gasteiger partial charge is 0.410 e. The summed E-state index contributed by atoms with van der Waals surface area (Å²) < 4.78 is 5.42. The fourth-order valence-corrected chi connectivity index (χ4v) is 2.65. The van der Waals surface area contributed by atoms with E-state index in [4.69, 9.17) is 4.74 Å². The maximum Gasteiger partial charge on any atom is 0.410 e. The molecule has 0 aliphatic carbocycles. The number of rotatable bonds is 1. The molecule has 2 aromatic rings. The van der Waals surface area contributed by atoms with Gasteiger partial charge in [-0.2, -0.15) is 0 Å². The number of pyridine rings is 1. The highest BCUT2D eigenvalue weighted by atomic mass is 16.6. The van der Waals surface area contributed by atoms with Crippen LogP contribution in [0.5, 0.6) is 0 Å². The summed E-state index contributed by atoms with van der Waals surface area (Å²) in [5, 5.41) is 2.33. The first-order valence-electron chi connectivity index (χ1n) is 7.94. The Morgan fingerprint density at radius 1 is 1.22 bits per heavy atom. The number of benzene rings is 1. The summed E-state index contributed by atoms with van der Waals surface area (Å²) in [5.41, 5.74) is 1.73. The average Bonchev–Trinajstić information content (AvgIpc) is 2.53. The van der Waals surface area contributed by atoms with Gasteiger partial charge in [-0.1, -0.05) is 30.3 Å². The second-order valence-corrected chi connectivity index (χ2v) is 6.82. The average molecular weight is 310 g/mol. The van der Waals surface area contributed by atoms with E-state index in [0.717, 1.165) is 17.5 Å². The van der Waals surface area contributed by atoms with Gasteiger partial charge in [-0.05, 0) is 44.2 Å². The number of fused-ring (bicyclic) bond motifs is 1. The Bertz CT molecular complexity index is 759. The number of hydrogen-bond donors (Lipinski definition) is 0. The molecule has 0 spiro atoms. The SMILES string of the molecule is CC(C)(C)OC(=O)N1CC=C(c2cc3ccccc3cn2)CC1. The molecular weight excluding hydrogens is 288 g/mol. The van der Waals surface area contributed by atoms with Gasteiger partial charge in [0, 0.05) is 24.7 Å². The number of aromatic nitrogens is 1. The molecule has 23 heavy (non-hydrogen) atoms. The highest BCUT2D eigenvalue weighted by Gasteiger charge is 2.24. The van der Waals surface area contributed by atoms with E-state index in [-0.39, 0.29) is 6.09 Å². The third-order valence-corrected chi connectivity index (χ3v) is 3.82. The van der Waals surface area contributed by atoms with Gasteiger partial charge < -0.3 is 9.64 Å². The molecule has 0 radical (unpaired) electrons. The number of amides is 1. The van der Waals surface area contributed by atoms with Gasteiger partial charge in [0.1, 0.15) is 5.60 Å². The summed E-state index contributed by atoms with van der Waals surface area (Å²) in [6, 6.07) is 10.3. The van der Waals surface area contributed by atoms with Crippen LogP contribution in [-0.4, -0.2) is 34.7 Å². The zero-order valence-electron chi connectivity index (χ0n) is 13.9. The standard InChI is InChI=1S/C19H22N2O2/c1-19(2,3)23-18(22)21-10-8-14(9-11-21)17-12-15-6-4-5-7-16(15)13-20-17/h4-8,12-13H,9-11H2,1-3H3. The minimum atomic E-state index is -0.457. The van der Waals surface area contributed by atoms with Crippen molar-refractivity contribution < 1.29 is 9.53 Å². The molecule has 1 aliphatic heterocycles. The third-order valence-electron chi connectivity index (χ3n) is 3.82. The van der Waals surface area contributed by atoms with Crippen LogP contribution in [-0.2, 0) is 4.74 Å². The second kappa shape index (κ2) is 6.03. The summed E-state index contributed by atoms with van der Waals surface area (Å²) in [7, 11) is 0. The maximum atomic E-state index is 12.1. The Labute approximate surface area is 136 Å². The van der Waals surface area contributed by atoms with E-state index in [1.54, 1.807) is 4.90 Å². The molecule has 1 aliphatic rings. The molecule has 0 fully saturated rings. The lowest BCUT2D eigenvalue weighted by Gasteiger charge is -2.29. The van der Waals surface area contributed by atoms with Gasteiger partial charge in [0.2, 0.25) is 0 Å². The monoisotopic (exact) mass is 310 g/mol. The molecule has 1 amide bonds. The molecule has 2 heterocycles. The molecule has 0 N–H and O–H groups in total. The van der Waals surface area contributed by atoms with Gasteiger partial charge in [0.25, 0.3) is 0 Å². The summed E-state index contributed by atoms with van der Waals surface area (Å²) in [4.78, 5) is 18.4. The van der Waals surface area contributed by atoms with E-state index in [1.807, 2.05) is 39.1 Å². The molecule has 0 saturated carbocycles. The Morgan fingerprint density at radius 3 is 2.61 bits per heavy atom.